The van der Waals surface area contributed by atoms with E-state index in [9.17, 15) is 9.59 Å². The molecule has 2 amide bonds. The van der Waals surface area contributed by atoms with Crippen molar-refractivity contribution in [1.82, 2.24) is 5.32 Å². The number of nitrogens with zero attached hydrogens (tertiary/aromatic N) is 1. The standard InChI is InChI=1S/C22H18N2O2/c1-13-14(2)21(25)24-20-12-16(10-11-17(13)20)23-22(26)19-9-5-7-15-6-3-4-8-18(15)19/h3-12,17H,1-2H3,(H,24,25). The molecule has 4 nitrogen and oxygen atoms in total. The van der Waals surface area contributed by atoms with E-state index in [4.69, 9.17) is 0 Å². The first-order valence-corrected chi connectivity index (χ1v) is 8.54. The Morgan fingerprint density at radius 1 is 1.08 bits per heavy atom. The van der Waals surface area contributed by atoms with Crippen LogP contribution in [0.2, 0.25) is 0 Å². The molecule has 1 heterocycles. The molecular formula is C22H18N2O2. The molecule has 2 aliphatic rings. The van der Waals surface area contributed by atoms with Crippen LogP contribution in [0, 0.1) is 5.92 Å². The molecule has 1 aliphatic carbocycles. The molecule has 128 valence electrons. The quantitative estimate of drug-likeness (QED) is 0.853. The van der Waals surface area contributed by atoms with Gasteiger partial charge in [-0.1, -0.05) is 48.0 Å². The fourth-order valence-corrected chi connectivity index (χ4v) is 3.38. The minimum atomic E-state index is -0.290. The molecule has 1 N–H and O–H groups in total. The number of nitrogens with one attached hydrogen (secondary N) is 1. The zero-order valence-electron chi connectivity index (χ0n) is 14.6. The van der Waals surface area contributed by atoms with Crippen LogP contribution in [-0.2, 0) is 4.79 Å². The number of aliphatic imine (C=N–C) groups is 1. The summed E-state index contributed by atoms with van der Waals surface area (Å²) in [5.41, 5.74) is 3.65. The molecule has 0 bridgehead atoms. The first-order chi connectivity index (χ1) is 12.5. The SMILES string of the molecule is CC1=C(C)C2C=CC(=NC(=O)c3cccc4ccccc34)C=C2NC1=O. The Hall–Kier alpha value is -3.27. The van der Waals surface area contributed by atoms with Crippen molar-refractivity contribution in [2.75, 3.05) is 0 Å². The molecule has 1 unspecified atom stereocenters. The number of hydrogen-bond acceptors (Lipinski definition) is 2. The normalized spacial score (nSPS) is 20.8. The number of allylic oxidation sites excluding steroid dienone is 3. The molecular weight excluding hydrogens is 324 g/mol. The summed E-state index contributed by atoms with van der Waals surface area (Å²) >= 11 is 0. The predicted molar refractivity (Wildman–Crippen MR) is 103 cm³/mol. The van der Waals surface area contributed by atoms with Crippen LogP contribution in [0.3, 0.4) is 0 Å². The number of amides is 2. The summed E-state index contributed by atoms with van der Waals surface area (Å²) in [6, 6.07) is 13.4. The third-order valence-electron chi connectivity index (χ3n) is 5.01. The van der Waals surface area contributed by atoms with E-state index in [-0.39, 0.29) is 17.7 Å². The van der Waals surface area contributed by atoms with Gasteiger partial charge < -0.3 is 5.32 Å². The van der Waals surface area contributed by atoms with Crippen LogP contribution in [0.25, 0.3) is 10.8 Å². The average Bonchev–Trinajstić information content (AvgIpc) is 2.65. The second kappa shape index (κ2) is 6.23. The highest BCUT2D eigenvalue weighted by Crippen LogP contribution is 2.30. The summed E-state index contributed by atoms with van der Waals surface area (Å²) in [4.78, 5) is 29.0. The van der Waals surface area contributed by atoms with Crippen molar-refractivity contribution >= 4 is 28.3 Å². The lowest BCUT2D eigenvalue weighted by atomic mass is 9.85. The van der Waals surface area contributed by atoms with E-state index in [1.807, 2.05) is 62.4 Å². The maximum atomic E-state index is 12.7. The second-order valence-corrected chi connectivity index (χ2v) is 6.57. The van der Waals surface area contributed by atoms with Crippen LogP contribution in [0.1, 0.15) is 24.2 Å². The Labute approximate surface area is 151 Å². The Bertz CT molecular complexity index is 1070. The average molecular weight is 342 g/mol. The molecule has 0 saturated heterocycles. The van der Waals surface area contributed by atoms with E-state index in [0.717, 1.165) is 27.6 Å². The molecule has 0 fully saturated rings. The highest BCUT2D eigenvalue weighted by atomic mass is 16.2. The highest BCUT2D eigenvalue weighted by molar-refractivity contribution is 6.17. The van der Waals surface area contributed by atoms with Crippen molar-refractivity contribution in [2.24, 2.45) is 10.9 Å². The van der Waals surface area contributed by atoms with Gasteiger partial charge in [-0.05, 0) is 42.8 Å². The van der Waals surface area contributed by atoms with Gasteiger partial charge in [0, 0.05) is 22.8 Å². The van der Waals surface area contributed by atoms with E-state index in [2.05, 4.69) is 10.3 Å². The van der Waals surface area contributed by atoms with Crippen LogP contribution >= 0.6 is 0 Å². The van der Waals surface area contributed by atoms with Crippen molar-refractivity contribution in [2.45, 2.75) is 13.8 Å². The van der Waals surface area contributed by atoms with Gasteiger partial charge >= 0.3 is 0 Å². The third kappa shape index (κ3) is 2.69. The van der Waals surface area contributed by atoms with Gasteiger partial charge in [-0.25, -0.2) is 4.99 Å². The van der Waals surface area contributed by atoms with E-state index >= 15 is 0 Å². The van der Waals surface area contributed by atoms with Gasteiger partial charge in [0.1, 0.15) is 0 Å². The zero-order chi connectivity index (χ0) is 18.3. The van der Waals surface area contributed by atoms with Gasteiger partial charge in [-0.3, -0.25) is 9.59 Å². The van der Waals surface area contributed by atoms with E-state index in [0.29, 0.717) is 11.3 Å². The maximum Gasteiger partial charge on any atom is 0.278 e. The number of benzene rings is 2. The lowest BCUT2D eigenvalue weighted by molar-refractivity contribution is -0.117. The topological polar surface area (TPSA) is 58.5 Å². The maximum absolute atomic E-state index is 12.7. The van der Waals surface area contributed by atoms with Crippen molar-refractivity contribution in [3.8, 4) is 0 Å². The summed E-state index contributed by atoms with van der Waals surface area (Å²) in [5, 5.41) is 4.78. The zero-order valence-corrected chi connectivity index (χ0v) is 14.6. The minimum Gasteiger partial charge on any atom is -0.325 e. The third-order valence-corrected chi connectivity index (χ3v) is 5.01. The summed E-state index contributed by atoms with van der Waals surface area (Å²) in [5.74, 6) is -0.346. The molecule has 1 aliphatic heterocycles. The number of carbonyl (C=O) groups excluding carboxylic acids is 2. The summed E-state index contributed by atoms with van der Waals surface area (Å²) in [6.45, 7) is 3.78. The molecule has 0 radical (unpaired) electrons. The molecule has 0 aromatic heterocycles. The minimum absolute atomic E-state index is 0.0410. The molecule has 1 atom stereocenters. The molecule has 4 heteroatoms. The van der Waals surface area contributed by atoms with Crippen LogP contribution < -0.4 is 5.32 Å². The molecule has 2 aromatic rings. The molecule has 2 aromatic carbocycles. The van der Waals surface area contributed by atoms with Gasteiger partial charge in [0.2, 0.25) is 0 Å². The molecule has 0 spiro atoms. The van der Waals surface area contributed by atoms with E-state index in [1.165, 1.54) is 0 Å². The predicted octanol–water partition coefficient (Wildman–Crippen LogP) is 3.96. The monoisotopic (exact) mass is 342 g/mol. The van der Waals surface area contributed by atoms with E-state index < -0.39 is 0 Å². The molecule has 0 saturated carbocycles. The second-order valence-electron chi connectivity index (χ2n) is 6.57. The fourth-order valence-electron chi connectivity index (χ4n) is 3.38. The highest BCUT2D eigenvalue weighted by Gasteiger charge is 2.27. The van der Waals surface area contributed by atoms with Gasteiger partial charge in [-0.2, -0.15) is 0 Å². The lowest BCUT2D eigenvalue weighted by Crippen LogP contribution is -2.35. The summed E-state index contributed by atoms with van der Waals surface area (Å²) in [7, 11) is 0. The smallest absolute Gasteiger partial charge is 0.278 e. The number of carbonyl (C=O) groups is 2. The fraction of sp³-hybridized carbons (Fsp3) is 0.136. The van der Waals surface area contributed by atoms with E-state index in [1.54, 1.807) is 12.1 Å². The van der Waals surface area contributed by atoms with Crippen molar-refractivity contribution in [3.05, 3.63) is 83.1 Å². The first-order valence-electron chi connectivity index (χ1n) is 8.54. The van der Waals surface area contributed by atoms with Gasteiger partial charge in [0.15, 0.2) is 0 Å². The Kier molecular flexibility index (Phi) is 3.88. The van der Waals surface area contributed by atoms with Crippen LogP contribution in [-0.4, -0.2) is 17.5 Å². The van der Waals surface area contributed by atoms with Crippen LogP contribution in [0.5, 0.6) is 0 Å². The summed E-state index contributed by atoms with van der Waals surface area (Å²) in [6.07, 6.45) is 5.59. The Balaban J connectivity index is 1.70. The number of rotatable bonds is 1. The van der Waals surface area contributed by atoms with Gasteiger partial charge in [0.05, 0.1) is 5.71 Å². The van der Waals surface area contributed by atoms with Crippen molar-refractivity contribution in [1.29, 1.82) is 0 Å². The van der Waals surface area contributed by atoms with Crippen LogP contribution in [0.4, 0.5) is 0 Å². The number of fused-ring (bicyclic) bond motifs is 2. The molecule has 26 heavy (non-hydrogen) atoms. The summed E-state index contributed by atoms with van der Waals surface area (Å²) < 4.78 is 0. The van der Waals surface area contributed by atoms with Crippen LogP contribution in [0.15, 0.2) is 82.5 Å². The van der Waals surface area contributed by atoms with Gasteiger partial charge in [-0.15, -0.1) is 0 Å². The van der Waals surface area contributed by atoms with Gasteiger partial charge in [0.25, 0.3) is 11.8 Å². The Morgan fingerprint density at radius 3 is 2.69 bits per heavy atom. The Morgan fingerprint density at radius 2 is 1.85 bits per heavy atom. The first kappa shape index (κ1) is 16.2. The van der Waals surface area contributed by atoms with Crippen molar-refractivity contribution in [3.63, 3.8) is 0 Å². The van der Waals surface area contributed by atoms with Crippen molar-refractivity contribution < 1.29 is 9.59 Å². The largest absolute Gasteiger partial charge is 0.325 e. The number of hydrogen-bond donors (Lipinski definition) is 1. The lowest BCUT2D eigenvalue weighted by Gasteiger charge is -2.28. The molecule has 4 rings (SSSR count).